The van der Waals surface area contributed by atoms with Gasteiger partial charge in [0.05, 0.1) is 23.8 Å². The standard InChI is InChI=1S/C15H19NO4/c1-2-20-10-11-6-5-9-16(11)14(17)12-7-3-4-8-13(12)15(18)19/h3-4,7-8,11H,2,5-6,9-10H2,1H3,(H,18,19). The number of rotatable bonds is 5. The molecule has 0 spiro atoms. The molecule has 1 heterocycles. The molecular weight excluding hydrogens is 258 g/mol. The summed E-state index contributed by atoms with van der Waals surface area (Å²) in [6.45, 7) is 3.70. The molecule has 5 nitrogen and oxygen atoms in total. The van der Waals surface area contributed by atoms with Crippen LogP contribution >= 0.6 is 0 Å². The van der Waals surface area contributed by atoms with Crippen molar-refractivity contribution in [3.05, 3.63) is 35.4 Å². The topological polar surface area (TPSA) is 66.8 Å². The Morgan fingerprint density at radius 2 is 2.05 bits per heavy atom. The number of likely N-dealkylation sites (tertiary alicyclic amines) is 1. The molecule has 1 unspecified atom stereocenters. The summed E-state index contributed by atoms with van der Waals surface area (Å²) in [5.41, 5.74) is 0.308. The van der Waals surface area contributed by atoms with Gasteiger partial charge in [-0.1, -0.05) is 12.1 Å². The summed E-state index contributed by atoms with van der Waals surface area (Å²) in [6.07, 6.45) is 1.83. The molecule has 0 aliphatic carbocycles. The molecule has 0 saturated carbocycles. The van der Waals surface area contributed by atoms with Crippen LogP contribution in [-0.4, -0.2) is 47.7 Å². The van der Waals surface area contributed by atoms with E-state index < -0.39 is 5.97 Å². The van der Waals surface area contributed by atoms with Crippen LogP contribution in [0.3, 0.4) is 0 Å². The fraction of sp³-hybridized carbons (Fsp3) is 0.467. The van der Waals surface area contributed by atoms with Crippen LogP contribution in [0.15, 0.2) is 24.3 Å². The van der Waals surface area contributed by atoms with Gasteiger partial charge in [-0.2, -0.15) is 0 Å². The number of ether oxygens (including phenoxy) is 1. The van der Waals surface area contributed by atoms with E-state index in [0.717, 1.165) is 12.8 Å². The van der Waals surface area contributed by atoms with E-state index in [1.807, 2.05) is 6.92 Å². The van der Waals surface area contributed by atoms with Crippen LogP contribution in [0.2, 0.25) is 0 Å². The lowest BCUT2D eigenvalue weighted by molar-refractivity contribution is 0.0555. The first kappa shape index (κ1) is 14.5. The molecule has 0 aromatic heterocycles. The van der Waals surface area contributed by atoms with Crippen molar-refractivity contribution in [3.8, 4) is 0 Å². The van der Waals surface area contributed by atoms with Crippen molar-refractivity contribution < 1.29 is 19.4 Å². The van der Waals surface area contributed by atoms with Gasteiger partial charge in [0, 0.05) is 13.2 Å². The summed E-state index contributed by atoms with van der Waals surface area (Å²) in [5, 5.41) is 9.17. The molecule has 20 heavy (non-hydrogen) atoms. The van der Waals surface area contributed by atoms with Gasteiger partial charge in [0.25, 0.3) is 5.91 Å². The number of nitrogens with zero attached hydrogens (tertiary/aromatic N) is 1. The van der Waals surface area contributed by atoms with Gasteiger partial charge >= 0.3 is 5.97 Å². The minimum Gasteiger partial charge on any atom is -0.478 e. The third-order valence-corrected chi connectivity index (χ3v) is 3.54. The van der Waals surface area contributed by atoms with Crippen molar-refractivity contribution in [1.82, 2.24) is 4.90 Å². The van der Waals surface area contributed by atoms with E-state index in [0.29, 0.717) is 19.8 Å². The molecule has 1 aromatic carbocycles. The molecule has 1 aromatic rings. The lowest BCUT2D eigenvalue weighted by Gasteiger charge is -2.25. The average Bonchev–Trinajstić information content (AvgIpc) is 2.92. The molecule has 1 atom stereocenters. The Labute approximate surface area is 118 Å². The Balaban J connectivity index is 2.20. The maximum Gasteiger partial charge on any atom is 0.336 e. The molecule has 108 valence electrons. The SMILES string of the molecule is CCOCC1CCCN1C(=O)c1ccccc1C(=O)O. The van der Waals surface area contributed by atoms with E-state index in [4.69, 9.17) is 9.84 Å². The largest absolute Gasteiger partial charge is 0.478 e. The van der Waals surface area contributed by atoms with E-state index in [1.54, 1.807) is 23.1 Å². The highest BCUT2D eigenvalue weighted by Gasteiger charge is 2.31. The van der Waals surface area contributed by atoms with E-state index in [1.165, 1.54) is 6.07 Å². The molecule has 1 saturated heterocycles. The maximum absolute atomic E-state index is 12.6. The van der Waals surface area contributed by atoms with Crippen LogP contribution in [0.1, 0.15) is 40.5 Å². The van der Waals surface area contributed by atoms with Gasteiger partial charge in [0.15, 0.2) is 0 Å². The predicted molar refractivity (Wildman–Crippen MR) is 74.0 cm³/mol. The van der Waals surface area contributed by atoms with Gasteiger partial charge in [0.1, 0.15) is 0 Å². The number of carboxylic acids is 1. The lowest BCUT2D eigenvalue weighted by atomic mass is 10.1. The first-order chi connectivity index (χ1) is 9.65. The predicted octanol–water partition coefficient (Wildman–Crippen LogP) is 2.03. The van der Waals surface area contributed by atoms with Crippen molar-refractivity contribution in [2.45, 2.75) is 25.8 Å². The van der Waals surface area contributed by atoms with Gasteiger partial charge in [-0.25, -0.2) is 4.79 Å². The quantitative estimate of drug-likeness (QED) is 0.894. The second-order valence-corrected chi connectivity index (χ2v) is 4.80. The number of aromatic carboxylic acids is 1. The minimum atomic E-state index is -1.07. The Kier molecular flexibility index (Phi) is 4.74. The highest BCUT2D eigenvalue weighted by Crippen LogP contribution is 2.22. The summed E-state index contributed by atoms with van der Waals surface area (Å²) in [5.74, 6) is -1.29. The first-order valence-corrected chi connectivity index (χ1v) is 6.86. The molecule has 1 aliphatic rings. The molecule has 5 heteroatoms. The average molecular weight is 277 g/mol. The summed E-state index contributed by atoms with van der Waals surface area (Å²) in [4.78, 5) is 25.5. The van der Waals surface area contributed by atoms with Crippen LogP contribution in [0, 0.1) is 0 Å². The molecule has 0 bridgehead atoms. The molecule has 1 amide bonds. The number of hydrogen-bond acceptors (Lipinski definition) is 3. The summed E-state index contributed by atoms with van der Waals surface area (Å²) < 4.78 is 5.40. The third-order valence-electron chi connectivity index (χ3n) is 3.54. The minimum absolute atomic E-state index is 0.0456. The third kappa shape index (κ3) is 2.99. The van der Waals surface area contributed by atoms with Gasteiger partial charge in [-0.3, -0.25) is 4.79 Å². The smallest absolute Gasteiger partial charge is 0.336 e. The Morgan fingerprint density at radius 3 is 2.70 bits per heavy atom. The van der Waals surface area contributed by atoms with Crippen molar-refractivity contribution >= 4 is 11.9 Å². The lowest BCUT2D eigenvalue weighted by Crippen LogP contribution is -2.39. The highest BCUT2D eigenvalue weighted by molar-refractivity contribution is 6.04. The fourth-order valence-corrected chi connectivity index (χ4v) is 2.54. The van der Waals surface area contributed by atoms with Gasteiger partial charge in [-0.15, -0.1) is 0 Å². The van der Waals surface area contributed by atoms with Crippen molar-refractivity contribution in [1.29, 1.82) is 0 Å². The number of hydrogen-bond donors (Lipinski definition) is 1. The number of benzene rings is 1. The maximum atomic E-state index is 12.6. The number of carboxylic acid groups (broad SMARTS) is 1. The van der Waals surface area contributed by atoms with Crippen LogP contribution in [0.25, 0.3) is 0 Å². The molecule has 2 rings (SSSR count). The summed E-state index contributed by atoms with van der Waals surface area (Å²) in [7, 11) is 0. The van der Waals surface area contributed by atoms with Crippen molar-refractivity contribution in [2.24, 2.45) is 0 Å². The monoisotopic (exact) mass is 277 g/mol. The Morgan fingerprint density at radius 1 is 1.35 bits per heavy atom. The van der Waals surface area contributed by atoms with Crippen LogP contribution < -0.4 is 0 Å². The fourth-order valence-electron chi connectivity index (χ4n) is 2.54. The van der Waals surface area contributed by atoms with Gasteiger partial charge in [-0.05, 0) is 31.9 Å². The van der Waals surface area contributed by atoms with Crippen LogP contribution in [-0.2, 0) is 4.74 Å². The van der Waals surface area contributed by atoms with Crippen LogP contribution in [0.4, 0.5) is 0 Å². The summed E-state index contributed by atoms with van der Waals surface area (Å²) >= 11 is 0. The highest BCUT2D eigenvalue weighted by atomic mass is 16.5. The van der Waals surface area contributed by atoms with Crippen LogP contribution in [0.5, 0.6) is 0 Å². The molecular formula is C15H19NO4. The number of carbonyl (C=O) groups excluding carboxylic acids is 1. The van der Waals surface area contributed by atoms with E-state index in [9.17, 15) is 9.59 Å². The molecule has 1 fully saturated rings. The molecule has 1 N–H and O–H groups in total. The molecule has 1 aliphatic heterocycles. The first-order valence-electron chi connectivity index (χ1n) is 6.86. The van der Waals surface area contributed by atoms with E-state index in [2.05, 4.69) is 0 Å². The van der Waals surface area contributed by atoms with E-state index >= 15 is 0 Å². The number of carbonyl (C=O) groups is 2. The second-order valence-electron chi connectivity index (χ2n) is 4.80. The van der Waals surface area contributed by atoms with Crippen molar-refractivity contribution in [2.75, 3.05) is 19.8 Å². The summed E-state index contributed by atoms with van der Waals surface area (Å²) in [6, 6.07) is 6.39. The zero-order chi connectivity index (χ0) is 14.5. The van der Waals surface area contributed by atoms with Gasteiger partial charge in [0.2, 0.25) is 0 Å². The van der Waals surface area contributed by atoms with Gasteiger partial charge < -0.3 is 14.7 Å². The zero-order valence-corrected chi connectivity index (χ0v) is 11.5. The number of amides is 1. The normalized spacial score (nSPS) is 18.2. The van der Waals surface area contributed by atoms with E-state index in [-0.39, 0.29) is 23.1 Å². The molecule has 0 radical (unpaired) electrons. The Hall–Kier alpha value is -1.88. The zero-order valence-electron chi connectivity index (χ0n) is 11.5. The van der Waals surface area contributed by atoms with Crippen molar-refractivity contribution in [3.63, 3.8) is 0 Å². The second kappa shape index (κ2) is 6.52. The Bertz CT molecular complexity index is 500.